The number of aryl methyl sites for hydroxylation is 1. The number of aromatic nitrogens is 2. The van der Waals surface area contributed by atoms with Gasteiger partial charge in [-0.3, -0.25) is 4.68 Å². The SMILES string of the molecule is NC(=NCC(F)(F)F)Nc1nn(CCCCO)cc1Br. The second kappa shape index (κ2) is 7.48. The minimum atomic E-state index is -4.40. The Bertz CT molecular complexity index is 460. The highest BCUT2D eigenvalue weighted by molar-refractivity contribution is 9.10. The number of aliphatic imine (C=N–C) groups is 1. The summed E-state index contributed by atoms with van der Waals surface area (Å²) in [7, 11) is 0. The Morgan fingerprint density at radius 2 is 2.20 bits per heavy atom. The molecule has 0 aliphatic carbocycles. The van der Waals surface area contributed by atoms with Gasteiger partial charge in [-0.1, -0.05) is 0 Å². The number of nitrogens with one attached hydrogen (secondary N) is 1. The van der Waals surface area contributed by atoms with Crippen molar-refractivity contribution in [2.45, 2.75) is 25.6 Å². The van der Waals surface area contributed by atoms with Crippen molar-refractivity contribution in [3.05, 3.63) is 10.7 Å². The number of anilines is 1. The lowest BCUT2D eigenvalue weighted by atomic mass is 10.3. The minimum absolute atomic E-state index is 0.102. The van der Waals surface area contributed by atoms with Gasteiger partial charge in [0.15, 0.2) is 11.8 Å². The van der Waals surface area contributed by atoms with Crippen LogP contribution in [0.3, 0.4) is 0 Å². The van der Waals surface area contributed by atoms with E-state index in [4.69, 9.17) is 10.8 Å². The molecule has 0 bridgehead atoms. The molecule has 1 aromatic heterocycles. The van der Waals surface area contributed by atoms with E-state index < -0.39 is 12.7 Å². The zero-order valence-corrected chi connectivity index (χ0v) is 12.1. The Kier molecular flexibility index (Phi) is 6.27. The molecule has 1 aromatic rings. The number of hydrogen-bond acceptors (Lipinski definition) is 3. The first-order valence-corrected chi connectivity index (χ1v) is 6.58. The molecule has 114 valence electrons. The number of nitrogens with two attached hydrogens (primary N) is 1. The van der Waals surface area contributed by atoms with E-state index in [1.165, 1.54) is 0 Å². The summed E-state index contributed by atoms with van der Waals surface area (Å²) in [5, 5.41) is 15.3. The summed E-state index contributed by atoms with van der Waals surface area (Å²) >= 11 is 3.22. The van der Waals surface area contributed by atoms with Crippen LogP contribution in [0.5, 0.6) is 0 Å². The number of guanidine groups is 1. The number of rotatable bonds is 6. The third kappa shape index (κ3) is 6.24. The van der Waals surface area contributed by atoms with Crippen LogP contribution < -0.4 is 11.1 Å². The summed E-state index contributed by atoms with van der Waals surface area (Å²) in [6.45, 7) is -0.661. The van der Waals surface area contributed by atoms with E-state index in [1.54, 1.807) is 10.9 Å². The zero-order chi connectivity index (χ0) is 15.2. The van der Waals surface area contributed by atoms with Gasteiger partial charge in [-0.15, -0.1) is 0 Å². The predicted octanol–water partition coefficient (Wildman–Crippen LogP) is 1.71. The first kappa shape index (κ1) is 16.8. The van der Waals surface area contributed by atoms with E-state index in [0.29, 0.717) is 17.4 Å². The molecule has 0 aromatic carbocycles. The van der Waals surface area contributed by atoms with Crippen LogP contribution >= 0.6 is 15.9 Å². The van der Waals surface area contributed by atoms with Crippen molar-refractivity contribution in [3.8, 4) is 0 Å². The molecule has 0 aliphatic heterocycles. The molecule has 0 radical (unpaired) electrons. The van der Waals surface area contributed by atoms with Gasteiger partial charge < -0.3 is 16.2 Å². The van der Waals surface area contributed by atoms with Crippen LogP contribution in [0.25, 0.3) is 0 Å². The van der Waals surface area contributed by atoms with E-state index in [2.05, 4.69) is 31.3 Å². The van der Waals surface area contributed by atoms with E-state index in [0.717, 1.165) is 6.42 Å². The van der Waals surface area contributed by atoms with Crippen molar-refractivity contribution < 1.29 is 18.3 Å². The zero-order valence-electron chi connectivity index (χ0n) is 10.5. The van der Waals surface area contributed by atoms with Gasteiger partial charge in [-0.2, -0.15) is 18.3 Å². The topological polar surface area (TPSA) is 88.5 Å². The molecule has 0 atom stereocenters. The second-order valence-electron chi connectivity index (χ2n) is 3.96. The van der Waals surface area contributed by atoms with Crippen LogP contribution in [0.2, 0.25) is 0 Å². The number of alkyl halides is 3. The molecule has 1 heterocycles. The first-order valence-electron chi connectivity index (χ1n) is 5.79. The molecule has 0 spiro atoms. The summed E-state index contributed by atoms with van der Waals surface area (Å²) in [5.41, 5.74) is 5.35. The van der Waals surface area contributed by atoms with E-state index >= 15 is 0 Å². The Hall–Kier alpha value is -1.29. The third-order valence-electron chi connectivity index (χ3n) is 2.19. The van der Waals surface area contributed by atoms with Gasteiger partial charge in [0.1, 0.15) is 6.54 Å². The molecule has 0 fully saturated rings. The summed E-state index contributed by atoms with van der Waals surface area (Å²) in [4.78, 5) is 3.17. The molecular weight excluding hydrogens is 343 g/mol. The van der Waals surface area contributed by atoms with Crippen molar-refractivity contribution in [1.82, 2.24) is 9.78 Å². The third-order valence-corrected chi connectivity index (χ3v) is 2.77. The summed E-state index contributed by atoms with van der Waals surface area (Å²) in [6.07, 6.45) is -1.35. The van der Waals surface area contributed by atoms with Crippen molar-refractivity contribution in [3.63, 3.8) is 0 Å². The smallest absolute Gasteiger partial charge is 0.396 e. The Labute approximate surface area is 122 Å². The van der Waals surface area contributed by atoms with Gasteiger partial charge in [-0.05, 0) is 28.8 Å². The largest absolute Gasteiger partial charge is 0.408 e. The Morgan fingerprint density at radius 1 is 1.50 bits per heavy atom. The average molecular weight is 358 g/mol. The van der Waals surface area contributed by atoms with Gasteiger partial charge in [0.05, 0.1) is 4.47 Å². The van der Waals surface area contributed by atoms with Crippen molar-refractivity contribution in [1.29, 1.82) is 0 Å². The molecular formula is C10H15BrF3N5O. The maximum atomic E-state index is 12.0. The fourth-order valence-corrected chi connectivity index (χ4v) is 1.73. The normalized spacial score (nSPS) is 12.8. The van der Waals surface area contributed by atoms with Crippen LogP contribution in [0, 0.1) is 0 Å². The second-order valence-corrected chi connectivity index (χ2v) is 4.82. The summed E-state index contributed by atoms with van der Waals surface area (Å²) in [6, 6.07) is 0. The number of aliphatic hydroxyl groups excluding tert-OH is 1. The molecule has 0 amide bonds. The standard InChI is InChI=1S/C10H15BrF3N5O/c11-7-5-19(3-1-2-4-20)18-8(7)17-9(15)16-6-10(12,13)14/h5,20H,1-4,6H2,(H3,15,16,17,18). The molecule has 10 heteroatoms. The Balaban J connectivity index is 2.59. The number of aliphatic hydroxyl groups is 1. The summed E-state index contributed by atoms with van der Waals surface area (Å²) < 4.78 is 38.1. The van der Waals surface area contributed by atoms with Crippen LogP contribution in [0.15, 0.2) is 15.7 Å². The average Bonchev–Trinajstić information content (AvgIpc) is 2.67. The van der Waals surface area contributed by atoms with Gasteiger partial charge >= 0.3 is 6.18 Å². The quantitative estimate of drug-likeness (QED) is 0.410. The van der Waals surface area contributed by atoms with Gasteiger partial charge in [-0.25, -0.2) is 4.99 Å². The molecule has 4 N–H and O–H groups in total. The molecule has 0 unspecified atom stereocenters. The lowest BCUT2D eigenvalue weighted by Crippen LogP contribution is -2.26. The molecule has 20 heavy (non-hydrogen) atoms. The monoisotopic (exact) mass is 357 g/mol. The highest BCUT2D eigenvalue weighted by Crippen LogP contribution is 2.20. The van der Waals surface area contributed by atoms with Gasteiger partial charge in [0, 0.05) is 19.3 Å². The lowest BCUT2D eigenvalue weighted by Gasteiger charge is -2.05. The number of hydrogen-bond donors (Lipinski definition) is 3. The summed E-state index contributed by atoms with van der Waals surface area (Å²) in [5.74, 6) is -0.0685. The fourth-order valence-electron chi connectivity index (χ4n) is 1.32. The molecule has 0 saturated carbocycles. The first-order chi connectivity index (χ1) is 9.31. The lowest BCUT2D eigenvalue weighted by molar-refractivity contribution is -0.118. The number of unbranched alkanes of at least 4 members (excludes halogenated alkanes) is 1. The maximum absolute atomic E-state index is 12.0. The number of halogens is 4. The van der Waals surface area contributed by atoms with Crippen LogP contribution in [0.1, 0.15) is 12.8 Å². The van der Waals surface area contributed by atoms with E-state index in [-0.39, 0.29) is 18.4 Å². The van der Waals surface area contributed by atoms with Crippen molar-refractivity contribution in [2.24, 2.45) is 10.7 Å². The molecule has 1 rings (SSSR count). The number of nitrogens with zero attached hydrogens (tertiary/aromatic N) is 3. The maximum Gasteiger partial charge on any atom is 0.408 e. The highest BCUT2D eigenvalue weighted by atomic mass is 79.9. The minimum Gasteiger partial charge on any atom is -0.396 e. The predicted molar refractivity (Wildman–Crippen MR) is 72.4 cm³/mol. The molecule has 0 aliphatic rings. The fraction of sp³-hybridized carbons (Fsp3) is 0.600. The van der Waals surface area contributed by atoms with E-state index in [9.17, 15) is 13.2 Å². The van der Waals surface area contributed by atoms with Crippen LogP contribution in [-0.4, -0.2) is 40.2 Å². The van der Waals surface area contributed by atoms with Crippen LogP contribution in [0.4, 0.5) is 19.0 Å². The molecule has 0 saturated heterocycles. The van der Waals surface area contributed by atoms with Crippen LogP contribution in [-0.2, 0) is 6.54 Å². The highest BCUT2D eigenvalue weighted by Gasteiger charge is 2.26. The van der Waals surface area contributed by atoms with Gasteiger partial charge in [0.2, 0.25) is 0 Å². The van der Waals surface area contributed by atoms with Gasteiger partial charge in [0.25, 0.3) is 0 Å². The van der Waals surface area contributed by atoms with E-state index in [1.807, 2.05) is 0 Å². The molecule has 6 nitrogen and oxygen atoms in total. The Morgan fingerprint density at radius 3 is 2.80 bits per heavy atom. The van der Waals surface area contributed by atoms with Crippen molar-refractivity contribution in [2.75, 3.05) is 18.5 Å². The van der Waals surface area contributed by atoms with Crippen molar-refractivity contribution >= 4 is 27.7 Å².